The molecule has 2 unspecified atom stereocenters. The Morgan fingerprint density at radius 2 is 1.95 bits per heavy atom. The first-order chi connectivity index (χ1) is 9.39. The summed E-state index contributed by atoms with van der Waals surface area (Å²) in [4.78, 5) is 0. The monoisotopic (exact) mass is 305 g/mol. The molecule has 0 saturated carbocycles. The maximum Gasteiger partial charge on any atom is 0.281 e. The molecule has 0 spiro atoms. The predicted octanol–water partition coefficient (Wildman–Crippen LogP) is 1.53. The molecular formula is C14H31N3O2S. The van der Waals surface area contributed by atoms with Crippen LogP contribution in [0.5, 0.6) is 0 Å². The van der Waals surface area contributed by atoms with Crippen LogP contribution in [0.2, 0.25) is 0 Å². The molecule has 1 aliphatic rings. The van der Waals surface area contributed by atoms with E-state index in [-0.39, 0.29) is 0 Å². The molecule has 0 aliphatic carbocycles. The molecule has 20 heavy (non-hydrogen) atoms. The average molecular weight is 305 g/mol. The quantitative estimate of drug-likeness (QED) is 0.692. The fourth-order valence-electron chi connectivity index (χ4n) is 2.48. The highest BCUT2D eigenvalue weighted by molar-refractivity contribution is 7.86. The third kappa shape index (κ3) is 4.98. The van der Waals surface area contributed by atoms with E-state index in [0.29, 0.717) is 31.5 Å². The van der Waals surface area contributed by atoms with Crippen molar-refractivity contribution >= 4 is 10.2 Å². The lowest BCUT2D eigenvalue weighted by Gasteiger charge is -2.36. The molecule has 120 valence electrons. The predicted molar refractivity (Wildman–Crippen MR) is 83.8 cm³/mol. The number of hydrogen-bond donors (Lipinski definition) is 1. The Morgan fingerprint density at radius 1 is 1.25 bits per heavy atom. The molecule has 0 radical (unpaired) electrons. The first kappa shape index (κ1) is 17.9. The second-order valence-corrected chi connectivity index (χ2v) is 8.07. The Morgan fingerprint density at radius 3 is 2.55 bits per heavy atom. The van der Waals surface area contributed by atoms with Gasteiger partial charge < -0.3 is 5.32 Å². The van der Waals surface area contributed by atoms with Gasteiger partial charge in [-0.15, -0.1) is 0 Å². The number of piperidine rings is 1. The lowest BCUT2D eigenvalue weighted by Crippen LogP contribution is -2.48. The molecule has 2 atom stereocenters. The van der Waals surface area contributed by atoms with Crippen LogP contribution in [0.3, 0.4) is 0 Å². The van der Waals surface area contributed by atoms with Gasteiger partial charge in [0, 0.05) is 26.7 Å². The Labute approximate surface area is 124 Å². The summed E-state index contributed by atoms with van der Waals surface area (Å²) in [5.74, 6) is 1.06. The zero-order valence-electron chi connectivity index (χ0n) is 13.4. The Kier molecular flexibility index (Phi) is 7.43. The van der Waals surface area contributed by atoms with Gasteiger partial charge in [-0.25, -0.2) is 0 Å². The van der Waals surface area contributed by atoms with E-state index in [1.807, 2.05) is 0 Å². The summed E-state index contributed by atoms with van der Waals surface area (Å²) in [5, 5.41) is 3.30. The molecule has 1 heterocycles. The molecule has 1 saturated heterocycles. The van der Waals surface area contributed by atoms with E-state index in [1.165, 1.54) is 4.31 Å². The van der Waals surface area contributed by atoms with Gasteiger partial charge in [-0.1, -0.05) is 20.8 Å². The topological polar surface area (TPSA) is 52.7 Å². The fraction of sp³-hybridized carbons (Fsp3) is 1.00. The maximum atomic E-state index is 12.5. The van der Waals surface area contributed by atoms with Gasteiger partial charge in [-0.05, 0) is 44.2 Å². The lowest BCUT2D eigenvalue weighted by atomic mass is 9.90. The first-order valence-corrected chi connectivity index (χ1v) is 9.21. The van der Waals surface area contributed by atoms with E-state index >= 15 is 0 Å². The zero-order valence-corrected chi connectivity index (χ0v) is 14.2. The van der Waals surface area contributed by atoms with Gasteiger partial charge in [0.15, 0.2) is 0 Å². The molecule has 1 rings (SSSR count). The van der Waals surface area contributed by atoms with Crippen LogP contribution >= 0.6 is 0 Å². The fourth-order valence-corrected chi connectivity index (χ4v) is 3.99. The Bertz CT molecular complexity index is 373. The van der Waals surface area contributed by atoms with Gasteiger partial charge in [-0.2, -0.15) is 17.0 Å². The molecule has 1 aliphatic heterocycles. The smallest absolute Gasteiger partial charge is 0.281 e. The van der Waals surface area contributed by atoms with Crippen LogP contribution in [0.1, 0.15) is 40.0 Å². The highest BCUT2D eigenvalue weighted by Gasteiger charge is 2.32. The number of rotatable bonds is 8. The van der Waals surface area contributed by atoms with E-state index in [0.717, 1.165) is 32.4 Å². The second kappa shape index (κ2) is 8.32. The SMILES string of the molecule is CCCNCCCN(C)S(=O)(=O)N1CCC(C)C(C)C1. The minimum Gasteiger partial charge on any atom is -0.317 e. The summed E-state index contributed by atoms with van der Waals surface area (Å²) in [7, 11) is -1.58. The van der Waals surface area contributed by atoms with E-state index in [9.17, 15) is 8.42 Å². The van der Waals surface area contributed by atoms with Crippen LogP contribution in [0.15, 0.2) is 0 Å². The van der Waals surface area contributed by atoms with Crippen molar-refractivity contribution in [3.05, 3.63) is 0 Å². The van der Waals surface area contributed by atoms with Crippen LogP contribution in [0, 0.1) is 11.8 Å². The molecule has 1 N–H and O–H groups in total. The normalized spacial score (nSPS) is 25.2. The molecular weight excluding hydrogens is 274 g/mol. The standard InChI is InChI=1S/C14H31N3O2S/c1-5-8-15-9-6-10-16(4)20(18,19)17-11-7-13(2)14(3)12-17/h13-15H,5-12H2,1-4H3. The molecule has 0 aromatic rings. The third-order valence-corrected chi connectivity index (χ3v) is 6.22. The highest BCUT2D eigenvalue weighted by atomic mass is 32.2. The highest BCUT2D eigenvalue weighted by Crippen LogP contribution is 2.25. The van der Waals surface area contributed by atoms with Crippen LogP contribution in [0.25, 0.3) is 0 Å². The summed E-state index contributed by atoms with van der Waals surface area (Å²) in [5.41, 5.74) is 0. The van der Waals surface area contributed by atoms with Gasteiger partial charge in [0.2, 0.25) is 0 Å². The molecule has 0 aromatic heterocycles. The van der Waals surface area contributed by atoms with Crippen LogP contribution < -0.4 is 5.32 Å². The zero-order chi connectivity index (χ0) is 15.2. The minimum absolute atomic E-state index is 0.443. The van der Waals surface area contributed by atoms with Crippen molar-refractivity contribution in [1.29, 1.82) is 0 Å². The molecule has 5 nitrogen and oxygen atoms in total. The van der Waals surface area contributed by atoms with Crippen molar-refractivity contribution in [2.24, 2.45) is 11.8 Å². The molecule has 1 fully saturated rings. The van der Waals surface area contributed by atoms with Gasteiger partial charge in [-0.3, -0.25) is 0 Å². The van der Waals surface area contributed by atoms with Gasteiger partial charge in [0.1, 0.15) is 0 Å². The van der Waals surface area contributed by atoms with Gasteiger partial charge >= 0.3 is 0 Å². The molecule has 0 amide bonds. The van der Waals surface area contributed by atoms with Crippen molar-refractivity contribution in [3.8, 4) is 0 Å². The summed E-state index contributed by atoms with van der Waals surface area (Å²) in [6.45, 7) is 10.2. The van der Waals surface area contributed by atoms with Crippen molar-refractivity contribution < 1.29 is 8.42 Å². The molecule has 0 bridgehead atoms. The van der Waals surface area contributed by atoms with E-state index in [4.69, 9.17) is 0 Å². The maximum absolute atomic E-state index is 12.5. The van der Waals surface area contributed by atoms with E-state index in [2.05, 4.69) is 26.1 Å². The van der Waals surface area contributed by atoms with E-state index in [1.54, 1.807) is 11.4 Å². The Hall–Kier alpha value is -0.170. The van der Waals surface area contributed by atoms with Crippen LogP contribution in [-0.2, 0) is 10.2 Å². The summed E-state index contributed by atoms with van der Waals surface area (Å²) in [6, 6.07) is 0. The van der Waals surface area contributed by atoms with Crippen molar-refractivity contribution in [1.82, 2.24) is 13.9 Å². The Balaban J connectivity index is 2.42. The average Bonchev–Trinajstić information content (AvgIpc) is 2.41. The van der Waals surface area contributed by atoms with Crippen LogP contribution in [-0.4, -0.2) is 56.8 Å². The molecule has 6 heteroatoms. The number of nitrogens with one attached hydrogen (secondary N) is 1. The van der Waals surface area contributed by atoms with Crippen LogP contribution in [0.4, 0.5) is 0 Å². The molecule has 0 aromatic carbocycles. The van der Waals surface area contributed by atoms with Crippen molar-refractivity contribution in [2.75, 3.05) is 39.8 Å². The van der Waals surface area contributed by atoms with Crippen molar-refractivity contribution in [3.63, 3.8) is 0 Å². The minimum atomic E-state index is -3.27. The van der Waals surface area contributed by atoms with Gasteiger partial charge in [0.25, 0.3) is 10.2 Å². The number of hydrogen-bond acceptors (Lipinski definition) is 3. The van der Waals surface area contributed by atoms with E-state index < -0.39 is 10.2 Å². The van der Waals surface area contributed by atoms with Crippen molar-refractivity contribution in [2.45, 2.75) is 40.0 Å². The summed E-state index contributed by atoms with van der Waals surface area (Å²) in [6.07, 6.45) is 2.93. The summed E-state index contributed by atoms with van der Waals surface area (Å²) >= 11 is 0. The second-order valence-electron chi connectivity index (χ2n) is 6.03. The van der Waals surface area contributed by atoms with Gasteiger partial charge in [0.05, 0.1) is 0 Å². The third-order valence-electron chi connectivity index (χ3n) is 4.27. The summed E-state index contributed by atoms with van der Waals surface area (Å²) < 4.78 is 28.1. The lowest BCUT2D eigenvalue weighted by molar-refractivity contribution is 0.203. The first-order valence-electron chi connectivity index (χ1n) is 7.81. The largest absolute Gasteiger partial charge is 0.317 e. The number of nitrogens with zero attached hydrogens (tertiary/aromatic N) is 2.